The van der Waals surface area contributed by atoms with Gasteiger partial charge in [0.2, 0.25) is 11.8 Å². The third-order valence-electron chi connectivity index (χ3n) is 7.81. The number of hydrogen-bond donors (Lipinski definition) is 2. The summed E-state index contributed by atoms with van der Waals surface area (Å²) in [5.74, 6) is 0.452. The number of phenols is 1. The highest BCUT2D eigenvalue weighted by atomic mass is 16.3. The molecular weight excluding hydrogens is 440 g/mol. The second-order valence-corrected chi connectivity index (χ2v) is 10.7. The van der Waals surface area contributed by atoms with Crippen LogP contribution in [0.15, 0.2) is 42.5 Å². The zero-order chi connectivity index (χ0) is 24.7. The van der Waals surface area contributed by atoms with Gasteiger partial charge in [-0.1, -0.05) is 26.0 Å². The van der Waals surface area contributed by atoms with E-state index in [1.807, 2.05) is 19.9 Å². The summed E-state index contributed by atoms with van der Waals surface area (Å²) in [5.41, 5.74) is 4.04. The van der Waals surface area contributed by atoms with Crippen molar-refractivity contribution in [2.75, 3.05) is 42.9 Å². The number of nitrogens with one attached hydrogen (secondary N) is 1. The van der Waals surface area contributed by atoms with Gasteiger partial charge in [-0.25, -0.2) is 0 Å². The normalized spacial score (nSPS) is 23.9. The fourth-order valence-corrected chi connectivity index (χ4v) is 5.91. The second-order valence-electron chi connectivity index (χ2n) is 10.7. The van der Waals surface area contributed by atoms with Crippen LogP contribution in [0.25, 0.3) is 0 Å². The molecule has 2 aromatic carbocycles. The number of carbonyl (C=O) groups excluding carboxylic acids is 2. The van der Waals surface area contributed by atoms with E-state index in [0.29, 0.717) is 24.8 Å². The number of hydrogen-bond acceptors (Lipinski definition) is 5. The topological polar surface area (TPSA) is 76.1 Å². The number of anilines is 2. The van der Waals surface area contributed by atoms with Gasteiger partial charge in [0.05, 0.1) is 18.5 Å². The fourth-order valence-electron chi connectivity index (χ4n) is 5.91. The summed E-state index contributed by atoms with van der Waals surface area (Å²) in [6, 6.07) is 14.5. The molecular formula is C28H36N4O3. The van der Waals surface area contributed by atoms with Gasteiger partial charge in [-0.2, -0.15) is 0 Å². The van der Waals surface area contributed by atoms with Gasteiger partial charge in [0.15, 0.2) is 0 Å². The number of benzene rings is 2. The Balaban J connectivity index is 1.12. The van der Waals surface area contributed by atoms with Crippen molar-refractivity contribution < 1.29 is 14.7 Å². The number of amides is 2. The predicted octanol–water partition coefficient (Wildman–Crippen LogP) is 3.57. The Morgan fingerprint density at radius 2 is 1.91 bits per heavy atom. The van der Waals surface area contributed by atoms with Crippen molar-refractivity contribution in [1.29, 1.82) is 0 Å². The molecule has 3 aliphatic rings. The minimum atomic E-state index is -0.133. The van der Waals surface area contributed by atoms with Gasteiger partial charge in [0.25, 0.3) is 0 Å². The van der Waals surface area contributed by atoms with Crippen molar-refractivity contribution in [2.24, 2.45) is 5.92 Å². The van der Waals surface area contributed by atoms with Crippen LogP contribution in [0, 0.1) is 12.8 Å². The van der Waals surface area contributed by atoms with Crippen LogP contribution in [0.5, 0.6) is 5.75 Å². The first-order valence-electron chi connectivity index (χ1n) is 12.8. The quantitative estimate of drug-likeness (QED) is 0.624. The molecule has 3 heterocycles. The molecule has 2 amide bonds. The molecule has 2 aromatic rings. The zero-order valence-corrected chi connectivity index (χ0v) is 20.9. The summed E-state index contributed by atoms with van der Waals surface area (Å²) in [7, 11) is 0. The molecule has 0 spiro atoms. The Bertz CT molecular complexity index is 1120. The van der Waals surface area contributed by atoms with Crippen LogP contribution in [-0.4, -0.2) is 71.5 Å². The molecule has 3 fully saturated rings. The molecule has 0 radical (unpaired) electrons. The summed E-state index contributed by atoms with van der Waals surface area (Å²) in [4.78, 5) is 32.6. The minimum Gasteiger partial charge on any atom is -0.508 e. The van der Waals surface area contributed by atoms with E-state index in [-0.39, 0.29) is 35.4 Å². The molecule has 7 nitrogen and oxygen atoms in total. The average Bonchev–Trinajstić information content (AvgIpc) is 3.56. The first-order valence-corrected chi connectivity index (χ1v) is 12.8. The molecule has 0 aromatic heterocycles. The lowest BCUT2D eigenvalue weighted by Crippen LogP contribution is -2.51. The van der Waals surface area contributed by atoms with Crippen molar-refractivity contribution in [3.8, 4) is 5.75 Å². The summed E-state index contributed by atoms with van der Waals surface area (Å²) < 4.78 is 0. The Morgan fingerprint density at radius 3 is 2.63 bits per heavy atom. The smallest absolute Gasteiger partial charge is 0.237 e. The van der Waals surface area contributed by atoms with Crippen LogP contribution < -0.4 is 10.2 Å². The van der Waals surface area contributed by atoms with Crippen molar-refractivity contribution >= 4 is 23.2 Å². The highest BCUT2D eigenvalue weighted by Crippen LogP contribution is 2.35. The molecule has 2 N–H and O–H groups in total. The third kappa shape index (κ3) is 4.87. The monoisotopic (exact) mass is 476 g/mol. The number of aryl methyl sites for hydroxylation is 1. The van der Waals surface area contributed by atoms with Crippen LogP contribution in [0.2, 0.25) is 0 Å². The molecule has 2 bridgehead atoms. The molecule has 186 valence electrons. The van der Waals surface area contributed by atoms with Crippen LogP contribution in [0.4, 0.5) is 11.4 Å². The first kappa shape index (κ1) is 23.7. The molecule has 5 rings (SSSR count). The standard InChI is InChI=1S/C28H36N4O3/c1-18(2)25-12-21(7-8-26(25)33)29-28(35)20-9-10-30(14-20)17-27(34)32-16-23-13-24(32)15-31(23)22-6-4-5-19(3)11-22/h4-8,11-12,18,20,23-24,33H,9-10,13-17H2,1-3H3,(H,29,35)/t20-,23+,24+/m1/s1. The highest BCUT2D eigenvalue weighted by molar-refractivity contribution is 5.93. The van der Waals surface area contributed by atoms with Crippen molar-refractivity contribution in [2.45, 2.75) is 51.6 Å². The largest absolute Gasteiger partial charge is 0.508 e. The second kappa shape index (κ2) is 9.53. The SMILES string of the molecule is Cc1cccc(N2C[C@@H]3C[C@H]2CN3C(=O)CN2CC[C@@H](C(=O)Nc3ccc(O)c(C(C)C)c3)C2)c1. The maximum atomic E-state index is 13.1. The highest BCUT2D eigenvalue weighted by Gasteiger charge is 2.45. The minimum absolute atomic E-state index is 0.0191. The van der Waals surface area contributed by atoms with Gasteiger partial charge < -0.3 is 20.2 Å². The zero-order valence-electron chi connectivity index (χ0n) is 20.9. The van der Waals surface area contributed by atoms with Crippen molar-refractivity contribution in [3.63, 3.8) is 0 Å². The molecule has 3 aliphatic heterocycles. The van der Waals surface area contributed by atoms with Crippen molar-refractivity contribution in [3.05, 3.63) is 53.6 Å². The van der Waals surface area contributed by atoms with E-state index < -0.39 is 0 Å². The van der Waals surface area contributed by atoms with E-state index in [1.165, 1.54) is 11.3 Å². The molecule has 0 aliphatic carbocycles. The van der Waals surface area contributed by atoms with E-state index in [2.05, 4.69) is 51.2 Å². The molecule has 3 atom stereocenters. The van der Waals surface area contributed by atoms with Gasteiger partial charge in [0.1, 0.15) is 5.75 Å². The molecule has 0 saturated carbocycles. The lowest BCUT2D eigenvalue weighted by molar-refractivity contribution is -0.133. The average molecular weight is 477 g/mol. The summed E-state index contributed by atoms with van der Waals surface area (Å²) in [6.07, 6.45) is 1.79. The van der Waals surface area contributed by atoms with Gasteiger partial charge in [0, 0.05) is 37.1 Å². The van der Waals surface area contributed by atoms with E-state index >= 15 is 0 Å². The van der Waals surface area contributed by atoms with Crippen molar-refractivity contribution in [1.82, 2.24) is 9.80 Å². The van der Waals surface area contributed by atoms with Gasteiger partial charge in [-0.05, 0) is 73.7 Å². The number of fused-ring (bicyclic) bond motifs is 2. The first-order chi connectivity index (χ1) is 16.8. The Hall–Kier alpha value is -3.06. The maximum absolute atomic E-state index is 13.1. The van der Waals surface area contributed by atoms with Crippen LogP contribution in [0.1, 0.15) is 43.7 Å². The van der Waals surface area contributed by atoms with Crippen LogP contribution in [0.3, 0.4) is 0 Å². The van der Waals surface area contributed by atoms with E-state index in [1.54, 1.807) is 12.1 Å². The van der Waals surface area contributed by atoms with E-state index in [9.17, 15) is 14.7 Å². The summed E-state index contributed by atoms with van der Waals surface area (Å²) in [5, 5.41) is 13.0. The Kier molecular flexibility index (Phi) is 6.45. The number of nitrogens with zero attached hydrogens (tertiary/aromatic N) is 3. The van der Waals surface area contributed by atoms with Gasteiger partial charge in [-0.15, -0.1) is 0 Å². The summed E-state index contributed by atoms with van der Waals surface area (Å²) >= 11 is 0. The van der Waals surface area contributed by atoms with Gasteiger partial charge >= 0.3 is 0 Å². The number of piperazine rings is 1. The lowest BCUT2D eigenvalue weighted by Gasteiger charge is -2.36. The lowest BCUT2D eigenvalue weighted by atomic mass is 10.0. The number of aromatic hydroxyl groups is 1. The van der Waals surface area contributed by atoms with E-state index in [0.717, 1.165) is 38.0 Å². The summed E-state index contributed by atoms with van der Waals surface area (Å²) in [6.45, 7) is 9.57. The van der Waals surface area contributed by atoms with Crippen LogP contribution >= 0.6 is 0 Å². The number of phenolic OH excluding ortho intramolecular Hbond substituents is 1. The molecule has 35 heavy (non-hydrogen) atoms. The fraction of sp³-hybridized carbons (Fsp3) is 0.500. The number of rotatable bonds is 6. The van der Waals surface area contributed by atoms with Gasteiger partial charge in [-0.3, -0.25) is 14.5 Å². The van der Waals surface area contributed by atoms with Crippen LogP contribution in [-0.2, 0) is 9.59 Å². The maximum Gasteiger partial charge on any atom is 0.237 e. The number of carbonyl (C=O) groups is 2. The molecule has 0 unspecified atom stereocenters. The van der Waals surface area contributed by atoms with E-state index in [4.69, 9.17) is 0 Å². The Morgan fingerprint density at radius 1 is 1.09 bits per heavy atom. The third-order valence-corrected chi connectivity index (χ3v) is 7.81. The Labute approximate surface area is 207 Å². The predicted molar refractivity (Wildman–Crippen MR) is 138 cm³/mol. The molecule has 7 heteroatoms. The molecule has 3 saturated heterocycles. The number of likely N-dealkylation sites (tertiary alicyclic amines) is 2.